The van der Waals surface area contributed by atoms with Crippen LogP contribution >= 0.6 is 0 Å². The molecule has 1 rings (SSSR count). The zero-order chi connectivity index (χ0) is 17.8. The molecule has 1 aromatic carbocycles. The van der Waals surface area contributed by atoms with Gasteiger partial charge in [-0.3, -0.25) is 0 Å². The summed E-state index contributed by atoms with van der Waals surface area (Å²) in [7, 11) is 0. The summed E-state index contributed by atoms with van der Waals surface area (Å²) in [5, 5.41) is 0. The highest BCUT2D eigenvalue weighted by atomic mass is 32.2. The van der Waals surface area contributed by atoms with Crippen LogP contribution in [0.2, 0.25) is 0 Å². The van der Waals surface area contributed by atoms with Crippen molar-refractivity contribution in [1.29, 1.82) is 0 Å². The lowest BCUT2D eigenvalue weighted by molar-refractivity contribution is -0.150. The molecule has 0 aromatic heterocycles. The average molecular weight is 347 g/mol. The van der Waals surface area contributed by atoms with Crippen LogP contribution in [-0.2, 0) is 20.9 Å². The van der Waals surface area contributed by atoms with E-state index >= 15 is 0 Å². The molecule has 23 heavy (non-hydrogen) atoms. The van der Waals surface area contributed by atoms with Crippen LogP contribution < -0.4 is 4.72 Å². The number of carbonyl (C=O) groups excluding carboxylic acids is 1. The van der Waals surface area contributed by atoms with Crippen LogP contribution in [0.4, 0.5) is 8.78 Å². The fraction of sp³-hybridized carbons (Fsp3) is 0.562. The summed E-state index contributed by atoms with van der Waals surface area (Å²) in [5.41, 5.74) is 0.647. The van der Waals surface area contributed by atoms with E-state index in [0.717, 1.165) is 0 Å². The van der Waals surface area contributed by atoms with Gasteiger partial charge >= 0.3 is 5.97 Å². The second kappa shape index (κ2) is 8.08. The first kappa shape index (κ1) is 19.9. The number of halogens is 2. The summed E-state index contributed by atoms with van der Waals surface area (Å²) in [4.78, 5) is 11.7. The molecule has 0 radical (unpaired) electrons. The average Bonchev–Trinajstić information content (AvgIpc) is 2.45. The number of aryl methyl sites for hydroxylation is 1. The summed E-state index contributed by atoms with van der Waals surface area (Å²) in [6, 6.07) is 2.76. The maximum absolute atomic E-state index is 14.6. The minimum absolute atomic E-state index is 0.00460. The summed E-state index contributed by atoms with van der Waals surface area (Å²) >= 11 is -1.69. The molecular weight excluding hydrogens is 324 g/mol. The van der Waals surface area contributed by atoms with Crippen LogP contribution in [0, 0.1) is 12.7 Å². The van der Waals surface area contributed by atoms with Gasteiger partial charge in [0.15, 0.2) is 0 Å². The van der Waals surface area contributed by atoms with Crippen LogP contribution in [0.3, 0.4) is 0 Å². The molecule has 0 spiro atoms. The zero-order valence-electron chi connectivity index (χ0n) is 14.0. The number of nitrogens with one attached hydrogen (secondary N) is 1. The third kappa shape index (κ3) is 5.44. The summed E-state index contributed by atoms with van der Waals surface area (Å²) in [6.45, 7) is 8.35. The molecule has 130 valence electrons. The third-order valence-corrected chi connectivity index (χ3v) is 4.66. The van der Waals surface area contributed by atoms with Gasteiger partial charge in [0.2, 0.25) is 6.17 Å². The van der Waals surface area contributed by atoms with Gasteiger partial charge in [0, 0.05) is 16.9 Å². The number of hydrogen-bond acceptors (Lipinski definition) is 4. The first-order chi connectivity index (χ1) is 10.6. The molecule has 0 fully saturated rings. The van der Waals surface area contributed by atoms with Crippen molar-refractivity contribution in [2.75, 3.05) is 6.61 Å². The lowest BCUT2D eigenvalue weighted by Gasteiger charge is -2.29. The van der Waals surface area contributed by atoms with Crippen molar-refractivity contribution in [3.05, 3.63) is 35.1 Å². The normalized spacial score (nSPS) is 15.8. The largest absolute Gasteiger partial charge is 0.598 e. The van der Waals surface area contributed by atoms with Crippen LogP contribution in [0.25, 0.3) is 0 Å². The van der Waals surface area contributed by atoms with Crippen molar-refractivity contribution < 1.29 is 22.9 Å². The number of rotatable bonds is 6. The van der Waals surface area contributed by atoms with Crippen molar-refractivity contribution in [2.45, 2.75) is 51.6 Å². The number of benzene rings is 1. The minimum Gasteiger partial charge on any atom is -0.598 e. The Hall–Kier alpha value is -1.18. The van der Waals surface area contributed by atoms with Crippen molar-refractivity contribution in [3.63, 3.8) is 0 Å². The Morgan fingerprint density at radius 3 is 2.57 bits per heavy atom. The molecule has 1 unspecified atom stereocenters. The standard InChI is InChI=1S/C16H23F2NO3S/c1-6-22-15(20)13(18)14(19-23(21)16(3,4)5)11-9-10(2)7-8-12(11)17/h7-9,13-14,19H,6H2,1-5H3/t13-,14-,23?/m0/s1. The molecule has 0 amide bonds. The number of ether oxygens (including phenoxy) is 1. The van der Waals surface area contributed by atoms with E-state index in [2.05, 4.69) is 9.46 Å². The van der Waals surface area contributed by atoms with Gasteiger partial charge in [0.05, 0.1) is 6.61 Å². The van der Waals surface area contributed by atoms with E-state index in [9.17, 15) is 18.1 Å². The number of esters is 1. The second-order valence-electron chi connectivity index (χ2n) is 6.16. The fourth-order valence-electron chi connectivity index (χ4n) is 1.83. The van der Waals surface area contributed by atoms with E-state index in [4.69, 9.17) is 0 Å². The summed E-state index contributed by atoms with van der Waals surface area (Å²) in [5.74, 6) is -1.79. The van der Waals surface area contributed by atoms with Gasteiger partial charge in [-0.25, -0.2) is 13.6 Å². The highest BCUT2D eigenvalue weighted by Gasteiger charge is 2.39. The minimum atomic E-state index is -2.17. The summed E-state index contributed by atoms with van der Waals surface area (Å²) in [6.07, 6.45) is -2.17. The quantitative estimate of drug-likeness (QED) is 0.634. The zero-order valence-corrected chi connectivity index (χ0v) is 14.8. The highest BCUT2D eigenvalue weighted by molar-refractivity contribution is 7.90. The topological polar surface area (TPSA) is 61.4 Å². The van der Waals surface area contributed by atoms with Gasteiger partial charge in [-0.1, -0.05) is 17.7 Å². The van der Waals surface area contributed by atoms with Crippen molar-refractivity contribution in [3.8, 4) is 0 Å². The Labute approximate surface area is 138 Å². The van der Waals surface area contributed by atoms with Gasteiger partial charge in [-0.15, -0.1) is 4.72 Å². The lowest BCUT2D eigenvalue weighted by Crippen LogP contribution is -2.46. The van der Waals surface area contributed by atoms with Crippen molar-refractivity contribution >= 4 is 17.3 Å². The third-order valence-electron chi connectivity index (χ3n) is 3.08. The second-order valence-corrected chi connectivity index (χ2v) is 8.15. The Balaban J connectivity index is 3.20. The molecule has 0 bridgehead atoms. The highest BCUT2D eigenvalue weighted by Crippen LogP contribution is 2.27. The maximum Gasteiger partial charge on any atom is 0.342 e. The number of alkyl halides is 1. The van der Waals surface area contributed by atoms with Gasteiger partial charge in [0.1, 0.15) is 16.6 Å². The van der Waals surface area contributed by atoms with E-state index in [1.165, 1.54) is 18.2 Å². The molecule has 0 aliphatic heterocycles. The van der Waals surface area contributed by atoms with E-state index in [1.54, 1.807) is 34.6 Å². The Kier molecular flexibility index (Phi) is 6.98. The van der Waals surface area contributed by atoms with E-state index in [1.807, 2.05) is 0 Å². The predicted molar refractivity (Wildman–Crippen MR) is 86.4 cm³/mol. The number of hydrogen-bond donors (Lipinski definition) is 1. The van der Waals surface area contributed by atoms with Gasteiger partial charge in [-0.2, -0.15) is 0 Å². The molecule has 0 aliphatic rings. The molecule has 3 atom stereocenters. The lowest BCUT2D eigenvalue weighted by atomic mass is 10.0. The van der Waals surface area contributed by atoms with Crippen molar-refractivity contribution in [1.82, 2.24) is 4.72 Å². The molecule has 0 saturated heterocycles. The Bertz CT molecular complexity index is 549. The number of carbonyl (C=O) groups is 1. The summed E-state index contributed by atoms with van der Waals surface area (Å²) < 4.78 is 47.5. The van der Waals surface area contributed by atoms with Crippen LogP contribution in [0.5, 0.6) is 0 Å². The first-order valence-electron chi connectivity index (χ1n) is 7.32. The predicted octanol–water partition coefficient (Wildman–Crippen LogP) is 3.13. The smallest absolute Gasteiger partial charge is 0.342 e. The molecule has 0 aliphatic carbocycles. The van der Waals surface area contributed by atoms with Crippen LogP contribution in [-0.4, -0.2) is 28.0 Å². The fourth-order valence-corrected chi connectivity index (χ4v) is 2.66. The molecule has 7 heteroatoms. The molecule has 1 N–H and O–H groups in total. The molecule has 0 heterocycles. The monoisotopic (exact) mass is 347 g/mol. The van der Waals surface area contributed by atoms with Gasteiger partial charge in [0.25, 0.3) is 0 Å². The van der Waals surface area contributed by atoms with Crippen molar-refractivity contribution in [2.24, 2.45) is 0 Å². The van der Waals surface area contributed by atoms with E-state index in [0.29, 0.717) is 5.56 Å². The van der Waals surface area contributed by atoms with Crippen LogP contribution in [0.15, 0.2) is 18.2 Å². The Morgan fingerprint density at radius 2 is 2.04 bits per heavy atom. The van der Waals surface area contributed by atoms with Crippen LogP contribution in [0.1, 0.15) is 44.9 Å². The molecule has 1 aromatic rings. The van der Waals surface area contributed by atoms with E-state index < -0.39 is 40.1 Å². The van der Waals surface area contributed by atoms with E-state index in [-0.39, 0.29) is 12.2 Å². The first-order valence-corrected chi connectivity index (χ1v) is 8.47. The molecule has 4 nitrogen and oxygen atoms in total. The maximum atomic E-state index is 14.6. The Morgan fingerprint density at radius 1 is 1.43 bits per heavy atom. The molecular formula is C16H23F2NO3S. The van der Waals surface area contributed by atoms with Gasteiger partial charge < -0.3 is 9.29 Å². The SMILES string of the molecule is CCOC(=O)[C@@H](F)[C@@H](N[S+]([O-])C(C)(C)C)c1cc(C)ccc1F. The van der Waals surface area contributed by atoms with Gasteiger partial charge in [-0.05, 0) is 40.7 Å². The molecule has 0 saturated carbocycles.